The number of benzene rings is 1. The van der Waals surface area contributed by atoms with Crippen LogP contribution in [0.15, 0.2) is 30.3 Å². The predicted octanol–water partition coefficient (Wildman–Crippen LogP) is 2.26. The summed E-state index contributed by atoms with van der Waals surface area (Å²) in [6.07, 6.45) is 0.344. The van der Waals surface area contributed by atoms with Crippen LogP contribution in [-0.4, -0.2) is 35.8 Å². The van der Waals surface area contributed by atoms with Crippen molar-refractivity contribution in [2.45, 2.75) is 26.7 Å². The van der Waals surface area contributed by atoms with E-state index in [1.165, 1.54) is 11.3 Å². The number of para-hydroxylation sites is 1. The van der Waals surface area contributed by atoms with Crippen molar-refractivity contribution in [3.05, 3.63) is 40.9 Å². The van der Waals surface area contributed by atoms with E-state index in [9.17, 15) is 14.4 Å². The highest BCUT2D eigenvalue weighted by molar-refractivity contribution is 7.15. The molecule has 7 nitrogen and oxygen atoms in total. The maximum atomic E-state index is 12.3. The molecule has 2 heterocycles. The summed E-state index contributed by atoms with van der Waals surface area (Å²) in [6.45, 7) is 4.43. The monoisotopic (exact) mass is 386 g/mol. The summed E-state index contributed by atoms with van der Waals surface area (Å²) in [5, 5.41) is 6.06. The Morgan fingerprint density at radius 3 is 2.67 bits per heavy atom. The number of rotatable bonds is 6. The summed E-state index contributed by atoms with van der Waals surface area (Å²) in [4.78, 5) is 43.4. The number of aromatic nitrogens is 1. The molecule has 0 unspecified atom stereocenters. The minimum atomic E-state index is -0.398. The van der Waals surface area contributed by atoms with E-state index in [4.69, 9.17) is 0 Å². The smallest absolute Gasteiger partial charge is 0.227 e. The van der Waals surface area contributed by atoms with Crippen molar-refractivity contribution in [2.24, 2.45) is 5.92 Å². The molecule has 1 aliphatic rings. The fourth-order valence-electron chi connectivity index (χ4n) is 2.89. The molecule has 3 amide bonds. The molecule has 0 bridgehead atoms. The van der Waals surface area contributed by atoms with Crippen molar-refractivity contribution in [1.29, 1.82) is 0 Å². The summed E-state index contributed by atoms with van der Waals surface area (Å²) in [7, 11) is 0. The summed E-state index contributed by atoms with van der Waals surface area (Å²) in [5.74, 6) is -0.855. The van der Waals surface area contributed by atoms with Gasteiger partial charge in [0, 0.05) is 36.5 Å². The van der Waals surface area contributed by atoms with Crippen LogP contribution in [0.1, 0.15) is 23.4 Å². The number of carbonyl (C=O) groups excluding carboxylic acids is 3. The summed E-state index contributed by atoms with van der Waals surface area (Å²) in [6, 6.07) is 9.31. The molecule has 2 aromatic rings. The first-order valence-electron chi connectivity index (χ1n) is 8.81. The Bertz CT molecular complexity index is 830. The van der Waals surface area contributed by atoms with Gasteiger partial charge in [0.25, 0.3) is 0 Å². The number of aryl methyl sites for hydroxylation is 2. The van der Waals surface area contributed by atoms with Crippen LogP contribution in [0.4, 0.5) is 10.8 Å². The van der Waals surface area contributed by atoms with E-state index < -0.39 is 5.92 Å². The largest absolute Gasteiger partial charge is 0.355 e. The van der Waals surface area contributed by atoms with Crippen molar-refractivity contribution in [3.63, 3.8) is 0 Å². The number of carbonyl (C=O) groups is 3. The third-order valence-corrected chi connectivity index (χ3v) is 5.48. The molecule has 1 aliphatic heterocycles. The minimum absolute atomic E-state index is 0.0615. The third-order valence-electron chi connectivity index (χ3n) is 4.49. The first-order valence-corrected chi connectivity index (χ1v) is 9.62. The Balaban J connectivity index is 1.44. The summed E-state index contributed by atoms with van der Waals surface area (Å²) in [5.41, 5.74) is 1.70. The molecule has 0 saturated carbocycles. The normalized spacial score (nSPS) is 16.4. The van der Waals surface area contributed by atoms with Crippen LogP contribution in [0, 0.1) is 19.8 Å². The van der Waals surface area contributed by atoms with Crippen molar-refractivity contribution >= 4 is 39.9 Å². The molecule has 27 heavy (non-hydrogen) atoms. The van der Waals surface area contributed by atoms with Crippen LogP contribution in [0.25, 0.3) is 0 Å². The molecule has 1 saturated heterocycles. The lowest BCUT2D eigenvalue weighted by atomic mass is 10.1. The zero-order valence-corrected chi connectivity index (χ0v) is 16.1. The highest BCUT2D eigenvalue weighted by atomic mass is 32.1. The standard InChI is InChI=1S/C19H22N4O3S/c1-12-13(2)27-19(21-12)22-16(24)8-9-20-18(26)14-10-17(25)23(11-14)15-6-4-3-5-7-15/h3-7,14H,8-11H2,1-2H3,(H,20,26)(H,21,22,24)/t14-/m1/s1. The molecule has 1 atom stereocenters. The van der Waals surface area contributed by atoms with Crippen LogP contribution in [0.3, 0.4) is 0 Å². The zero-order valence-electron chi connectivity index (χ0n) is 15.3. The Hall–Kier alpha value is -2.74. The topological polar surface area (TPSA) is 91.4 Å². The zero-order chi connectivity index (χ0) is 19.4. The molecule has 0 aliphatic carbocycles. The van der Waals surface area contributed by atoms with E-state index in [0.29, 0.717) is 11.7 Å². The fraction of sp³-hybridized carbons (Fsp3) is 0.368. The Morgan fingerprint density at radius 1 is 1.26 bits per heavy atom. The molecule has 1 aromatic heterocycles. The van der Waals surface area contributed by atoms with Crippen molar-refractivity contribution in [1.82, 2.24) is 10.3 Å². The number of nitrogens with one attached hydrogen (secondary N) is 2. The summed E-state index contributed by atoms with van der Waals surface area (Å²) < 4.78 is 0. The van der Waals surface area contributed by atoms with Crippen LogP contribution in [0.2, 0.25) is 0 Å². The molecular formula is C19H22N4O3S. The van der Waals surface area contributed by atoms with Crippen LogP contribution in [-0.2, 0) is 14.4 Å². The number of hydrogen-bond acceptors (Lipinski definition) is 5. The van der Waals surface area contributed by atoms with Crippen molar-refractivity contribution in [2.75, 3.05) is 23.3 Å². The molecule has 1 aromatic carbocycles. The SMILES string of the molecule is Cc1nc(NC(=O)CCNC(=O)[C@@H]2CC(=O)N(c3ccccc3)C2)sc1C. The fourth-order valence-corrected chi connectivity index (χ4v) is 3.72. The maximum Gasteiger partial charge on any atom is 0.227 e. The average Bonchev–Trinajstić information content (AvgIpc) is 3.18. The van der Waals surface area contributed by atoms with E-state index >= 15 is 0 Å². The first kappa shape index (κ1) is 19.0. The third kappa shape index (κ3) is 4.71. The second-order valence-electron chi connectivity index (χ2n) is 6.49. The van der Waals surface area contributed by atoms with E-state index in [2.05, 4.69) is 15.6 Å². The number of anilines is 2. The molecule has 142 valence electrons. The second kappa shape index (κ2) is 8.30. The van der Waals surface area contributed by atoms with Gasteiger partial charge >= 0.3 is 0 Å². The van der Waals surface area contributed by atoms with E-state index in [1.54, 1.807) is 4.90 Å². The van der Waals surface area contributed by atoms with Gasteiger partial charge in [-0.1, -0.05) is 18.2 Å². The predicted molar refractivity (Wildman–Crippen MR) is 105 cm³/mol. The van der Waals surface area contributed by atoms with Gasteiger partial charge in [-0.25, -0.2) is 4.98 Å². The molecule has 1 fully saturated rings. The Kier molecular flexibility index (Phi) is 5.85. The van der Waals surface area contributed by atoms with Gasteiger partial charge in [0.05, 0.1) is 11.6 Å². The highest BCUT2D eigenvalue weighted by Gasteiger charge is 2.34. The highest BCUT2D eigenvalue weighted by Crippen LogP contribution is 2.25. The van der Waals surface area contributed by atoms with E-state index in [0.717, 1.165) is 16.3 Å². The number of hydrogen-bond donors (Lipinski definition) is 2. The van der Waals surface area contributed by atoms with Gasteiger partial charge in [-0.3, -0.25) is 14.4 Å². The minimum Gasteiger partial charge on any atom is -0.355 e. The van der Waals surface area contributed by atoms with E-state index in [1.807, 2.05) is 44.2 Å². The molecule has 0 radical (unpaired) electrons. The average molecular weight is 386 g/mol. The lowest BCUT2D eigenvalue weighted by Gasteiger charge is -2.16. The number of nitrogens with zero attached hydrogens (tertiary/aromatic N) is 2. The van der Waals surface area contributed by atoms with Crippen LogP contribution < -0.4 is 15.5 Å². The van der Waals surface area contributed by atoms with Crippen LogP contribution in [0.5, 0.6) is 0 Å². The van der Waals surface area contributed by atoms with Gasteiger partial charge in [-0.05, 0) is 26.0 Å². The number of thiazole rings is 1. The van der Waals surface area contributed by atoms with Gasteiger partial charge in [-0.15, -0.1) is 11.3 Å². The Morgan fingerprint density at radius 2 is 2.00 bits per heavy atom. The van der Waals surface area contributed by atoms with Gasteiger partial charge in [0.2, 0.25) is 17.7 Å². The Labute approximate surface area is 161 Å². The number of amides is 3. The van der Waals surface area contributed by atoms with Gasteiger partial charge in [0.1, 0.15) is 0 Å². The first-order chi connectivity index (χ1) is 12.9. The van der Waals surface area contributed by atoms with Gasteiger partial charge in [0.15, 0.2) is 5.13 Å². The summed E-state index contributed by atoms with van der Waals surface area (Å²) >= 11 is 1.43. The second-order valence-corrected chi connectivity index (χ2v) is 7.69. The lowest BCUT2D eigenvalue weighted by Crippen LogP contribution is -2.34. The maximum absolute atomic E-state index is 12.3. The van der Waals surface area contributed by atoms with Crippen molar-refractivity contribution in [3.8, 4) is 0 Å². The molecule has 0 spiro atoms. The lowest BCUT2D eigenvalue weighted by molar-refractivity contribution is -0.126. The molecule has 8 heteroatoms. The molecule has 3 rings (SSSR count). The quantitative estimate of drug-likeness (QED) is 0.797. The van der Waals surface area contributed by atoms with E-state index in [-0.39, 0.29) is 37.1 Å². The molecule has 2 N–H and O–H groups in total. The van der Waals surface area contributed by atoms with Gasteiger partial charge in [-0.2, -0.15) is 0 Å². The molecular weight excluding hydrogens is 364 g/mol. The van der Waals surface area contributed by atoms with Gasteiger partial charge < -0.3 is 15.5 Å². The van der Waals surface area contributed by atoms with Crippen LogP contribution >= 0.6 is 11.3 Å². The van der Waals surface area contributed by atoms with Crippen molar-refractivity contribution < 1.29 is 14.4 Å².